The molecule has 4 rings (SSSR count). The molecule has 1 saturated carbocycles. The molecule has 7 nitrogen and oxygen atoms in total. The van der Waals surface area contributed by atoms with Gasteiger partial charge in [-0.05, 0) is 37.3 Å². The van der Waals surface area contributed by atoms with Crippen molar-refractivity contribution in [2.75, 3.05) is 13.6 Å². The smallest absolute Gasteiger partial charge is 0.245 e. The van der Waals surface area contributed by atoms with Crippen LogP contribution >= 0.6 is 0 Å². The zero-order chi connectivity index (χ0) is 19.0. The minimum Gasteiger partial charge on any atom is -0.342 e. The highest BCUT2D eigenvalue weighted by molar-refractivity contribution is 5.86. The van der Waals surface area contributed by atoms with Crippen molar-refractivity contribution in [3.63, 3.8) is 0 Å². The lowest BCUT2D eigenvalue weighted by Gasteiger charge is -2.20. The van der Waals surface area contributed by atoms with Gasteiger partial charge in [-0.15, -0.1) is 0 Å². The van der Waals surface area contributed by atoms with Crippen LogP contribution in [0.4, 0.5) is 0 Å². The highest BCUT2D eigenvalue weighted by atomic mass is 16.2. The molecule has 3 aromatic heterocycles. The van der Waals surface area contributed by atoms with Gasteiger partial charge in [-0.2, -0.15) is 10.2 Å². The molecular weight excluding hydrogens is 340 g/mol. The Morgan fingerprint density at radius 3 is 2.96 bits per heavy atom. The van der Waals surface area contributed by atoms with Crippen LogP contribution in [0.25, 0.3) is 16.8 Å². The molecular formula is C20H24N6O. The number of hydrogen-bond acceptors (Lipinski definition) is 4. The Morgan fingerprint density at radius 2 is 2.22 bits per heavy atom. The van der Waals surface area contributed by atoms with Crippen LogP contribution in [0, 0.1) is 5.92 Å². The van der Waals surface area contributed by atoms with Gasteiger partial charge >= 0.3 is 0 Å². The first-order valence-corrected chi connectivity index (χ1v) is 9.26. The largest absolute Gasteiger partial charge is 0.342 e. The topological polar surface area (TPSA) is 68.3 Å². The van der Waals surface area contributed by atoms with E-state index >= 15 is 0 Å². The van der Waals surface area contributed by atoms with Gasteiger partial charge in [0.1, 0.15) is 0 Å². The number of rotatable bonds is 5. The predicted octanol–water partition coefficient (Wildman–Crippen LogP) is 2.66. The van der Waals surface area contributed by atoms with Crippen LogP contribution in [0.2, 0.25) is 0 Å². The fraction of sp³-hybridized carbons (Fsp3) is 0.400. The zero-order valence-corrected chi connectivity index (χ0v) is 15.7. The Morgan fingerprint density at radius 1 is 1.37 bits per heavy atom. The third-order valence-electron chi connectivity index (χ3n) is 5.43. The van der Waals surface area contributed by atoms with E-state index in [2.05, 4.69) is 16.8 Å². The fourth-order valence-electron chi connectivity index (χ4n) is 4.07. The first-order valence-electron chi connectivity index (χ1n) is 9.26. The third-order valence-corrected chi connectivity index (χ3v) is 5.43. The predicted molar refractivity (Wildman–Crippen MR) is 103 cm³/mol. The Kier molecular flexibility index (Phi) is 4.51. The lowest BCUT2D eigenvalue weighted by Crippen LogP contribution is -2.29. The zero-order valence-electron chi connectivity index (χ0n) is 15.7. The Bertz CT molecular complexity index is 987. The van der Waals surface area contributed by atoms with Gasteiger partial charge in [-0.3, -0.25) is 9.48 Å². The van der Waals surface area contributed by atoms with E-state index in [1.54, 1.807) is 9.58 Å². The summed E-state index contributed by atoms with van der Waals surface area (Å²) in [5.41, 5.74) is 4.02. The molecule has 0 N–H and O–H groups in total. The molecule has 140 valence electrons. The van der Waals surface area contributed by atoms with Gasteiger partial charge in [0.05, 0.1) is 35.5 Å². The standard InChI is InChI=1S/C20H24N6O/c1-4-19(27)24(2)11-14-5-6-15(9-14)20-18-7-8-21-26(18)13-17(23-20)16-10-22-25(3)12-16/h4,7-8,10,12-15H,1,5-6,9,11H2,2-3H3/t14?,15-/m1/s1. The van der Waals surface area contributed by atoms with Crippen LogP contribution in [0.1, 0.15) is 30.9 Å². The summed E-state index contributed by atoms with van der Waals surface area (Å²) < 4.78 is 3.69. The van der Waals surface area contributed by atoms with Gasteiger partial charge in [-0.1, -0.05) is 6.58 Å². The molecule has 0 spiro atoms. The first kappa shape index (κ1) is 17.5. The second kappa shape index (κ2) is 6.98. The quantitative estimate of drug-likeness (QED) is 0.653. The van der Waals surface area contributed by atoms with E-state index in [1.807, 2.05) is 49.5 Å². The second-order valence-electron chi connectivity index (χ2n) is 7.37. The van der Waals surface area contributed by atoms with Crippen molar-refractivity contribution in [1.82, 2.24) is 29.3 Å². The molecule has 2 atom stereocenters. The van der Waals surface area contributed by atoms with Gasteiger partial charge in [-0.25, -0.2) is 9.50 Å². The monoisotopic (exact) mass is 364 g/mol. The molecule has 0 bridgehead atoms. The van der Waals surface area contributed by atoms with Gasteiger partial charge in [0.25, 0.3) is 0 Å². The molecule has 27 heavy (non-hydrogen) atoms. The summed E-state index contributed by atoms with van der Waals surface area (Å²) in [6, 6.07) is 2.02. The van der Waals surface area contributed by atoms with Crippen LogP contribution in [0.15, 0.2) is 43.5 Å². The van der Waals surface area contributed by atoms with Crippen LogP contribution in [-0.2, 0) is 11.8 Å². The second-order valence-corrected chi connectivity index (χ2v) is 7.37. The van der Waals surface area contributed by atoms with Gasteiger partial charge in [0.2, 0.25) is 5.91 Å². The number of amides is 1. The lowest BCUT2D eigenvalue weighted by molar-refractivity contribution is -0.125. The summed E-state index contributed by atoms with van der Waals surface area (Å²) in [6.07, 6.45) is 12.1. The van der Waals surface area contributed by atoms with Crippen LogP contribution in [0.3, 0.4) is 0 Å². The van der Waals surface area contributed by atoms with Crippen LogP contribution in [0.5, 0.6) is 0 Å². The summed E-state index contributed by atoms with van der Waals surface area (Å²) >= 11 is 0. The van der Waals surface area contributed by atoms with Crippen molar-refractivity contribution in [1.29, 1.82) is 0 Å². The number of nitrogens with zero attached hydrogens (tertiary/aromatic N) is 6. The van der Waals surface area contributed by atoms with Gasteiger partial charge < -0.3 is 4.90 Å². The van der Waals surface area contributed by atoms with E-state index < -0.39 is 0 Å². The summed E-state index contributed by atoms with van der Waals surface area (Å²) in [5, 5.41) is 8.69. The van der Waals surface area contributed by atoms with Crippen molar-refractivity contribution < 1.29 is 4.79 Å². The van der Waals surface area contributed by atoms with Crippen molar-refractivity contribution in [2.24, 2.45) is 13.0 Å². The van der Waals surface area contributed by atoms with Crippen LogP contribution < -0.4 is 0 Å². The van der Waals surface area contributed by atoms with E-state index in [-0.39, 0.29) is 5.91 Å². The molecule has 1 fully saturated rings. The molecule has 1 amide bonds. The molecule has 1 aliphatic rings. The van der Waals surface area contributed by atoms with E-state index in [0.717, 1.165) is 48.3 Å². The molecule has 0 saturated heterocycles. The molecule has 0 aliphatic heterocycles. The molecule has 1 aliphatic carbocycles. The normalized spacial score (nSPS) is 19.5. The van der Waals surface area contributed by atoms with E-state index in [9.17, 15) is 4.79 Å². The number of carbonyl (C=O) groups is 1. The molecule has 7 heteroatoms. The number of hydrogen-bond donors (Lipinski definition) is 0. The number of likely N-dealkylation sites (N-methyl/N-ethyl adjacent to an activating group) is 1. The third kappa shape index (κ3) is 3.37. The summed E-state index contributed by atoms with van der Waals surface area (Å²) in [4.78, 5) is 18.5. The van der Waals surface area contributed by atoms with Gasteiger partial charge in [0, 0.05) is 38.3 Å². The summed E-state index contributed by atoms with van der Waals surface area (Å²) in [5.74, 6) is 0.835. The van der Waals surface area contributed by atoms with Crippen molar-refractivity contribution in [3.8, 4) is 11.3 Å². The molecule has 3 aromatic rings. The number of carbonyl (C=O) groups excluding carboxylic acids is 1. The summed E-state index contributed by atoms with van der Waals surface area (Å²) in [6.45, 7) is 4.33. The SMILES string of the molecule is C=CC(=O)N(C)CC1CC[C@@H](c2nc(-c3cnn(C)c3)cn3nccc23)C1. The lowest BCUT2D eigenvalue weighted by atomic mass is 10.00. The number of aromatic nitrogens is 5. The van der Waals surface area contributed by atoms with Crippen molar-refractivity contribution in [2.45, 2.75) is 25.2 Å². The average molecular weight is 364 g/mol. The summed E-state index contributed by atoms with van der Waals surface area (Å²) in [7, 11) is 3.74. The molecule has 3 heterocycles. The minimum atomic E-state index is -0.0201. The highest BCUT2D eigenvalue weighted by Crippen LogP contribution is 2.40. The van der Waals surface area contributed by atoms with E-state index in [4.69, 9.17) is 4.98 Å². The highest BCUT2D eigenvalue weighted by Gasteiger charge is 2.30. The van der Waals surface area contributed by atoms with Crippen molar-refractivity contribution >= 4 is 11.4 Å². The fourth-order valence-corrected chi connectivity index (χ4v) is 4.07. The molecule has 0 radical (unpaired) electrons. The maximum atomic E-state index is 11.8. The maximum absolute atomic E-state index is 11.8. The van der Waals surface area contributed by atoms with E-state index in [0.29, 0.717) is 11.8 Å². The maximum Gasteiger partial charge on any atom is 0.245 e. The Balaban J connectivity index is 1.61. The minimum absolute atomic E-state index is 0.0201. The van der Waals surface area contributed by atoms with Crippen molar-refractivity contribution in [3.05, 3.63) is 49.2 Å². The van der Waals surface area contributed by atoms with Gasteiger partial charge in [0.15, 0.2) is 0 Å². The molecule has 1 unspecified atom stereocenters. The Labute approximate surface area is 158 Å². The van der Waals surface area contributed by atoms with Crippen LogP contribution in [-0.4, -0.2) is 48.8 Å². The average Bonchev–Trinajstić information content (AvgIpc) is 3.40. The Hall–Kier alpha value is -2.96. The first-order chi connectivity index (χ1) is 13.0. The number of aryl methyl sites for hydroxylation is 1. The van der Waals surface area contributed by atoms with E-state index in [1.165, 1.54) is 6.08 Å². The molecule has 0 aromatic carbocycles. The number of fused-ring (bicyclic) bond motifs is 1.